The fraction of sp³-hybridized carbons (Fsp3) is 0.250. The first-order valence-electron chi connectivity index (χ1n) is 8.37. The standard InChI is InChI=1S/C20H21N3O/c1-21-15-18(17-9-5-6-10-19(17)21)20(24)23-13-11-22(12-14-23)16-7-3-2-4-8-16/h2-10,15H,11-14H2,1H3. The summed E-state index contributed by atoms with van der Waals surface area (Å²) in [6, 6.07) is 18.5. The predicted octanol–water partition coefficient (Wildman–Crippen LogP) is 3.14. The summed E-state index contributed by atoms with van der Waals surface area (Å²) in [7, 11) is 1.99. The summed E-state index contributed by atoms with van der Waals surface area (Å²) in [5.41, 5.74) is 3.14. The number of hydrogen-bond acceptors (Lipinski definition) is 2. The Morgan fingerprint density at radius 1 is 0.875 bits per heavy atom. The molecular weight excluding hydrogens is 298 g/mol. The number of benzene rings is 2. The number of carbonyl (C=O) groups is 1. The molecule has 3 aromatic rings. The maximum absolute atomic E-state index is 13.0. The highest BCUT2D eigenvalue weighted by molar-refractivity contribution is 6.07. The summed E-state index contributed by atoms with van der Waals surface area (Å²) >= 11 is 0. The smallest absolute Gasteiger partial charge is 0.256 e. The third-order valence-corrected chi connectivity index (χ3v) is 4.82. The van der Waals surface area contributed by atoms with E-state index in [4.69, 9.17) is 0 Å². The first-order chi connectivity index (χ1) is 11.7. The maximum Gasteiger partial charge on any atom is 0.256 e. The summed E-state index contributed by atoms with van der Waals surface area (Å²) in [5.74, 6) is 0.138. The average molecular weight is 319 g/mol. The van der Waals surface area contributed by atoms with Crippen molar-refractivity contribution in [2.45, 2.75) is 0 Å². The minimum atomic E-state index is 0.138. The Hall–Kier alpha value is -2.75. The zero-order chi connectivity index (χ0) is 16.5. The number of piperazine rings is 1. The van der Waals surface area contributed by atoms with Crippen LogP contribution in [0.2, 0.25) is 0 Å². The van der Waals surface area contributed by atoms with Gasteiger partial charge in [0.15, 0.2) is 0 Å². The second-order valence-corrected chi connectivity index (χ2v) is 6.29. The van der Waals surface area contributed by atoms with E-state index in [1.165, 1.54) is 5.69 Å². The molecule has 1 saturated heterocycles. The van der Waals surface area contributed by atoms with E-state index in [2.05, 4.69) is 35.2 Å². The van der Waals surface area contributed by atoms with E-state index < -0.39 is 0 Å². The van der Waals surface area contributed by atoms with Crippen molar-refractivity contribution >= 4 is 22.5 Å². The van der Waals surface area contributed by atoms with Crippen molar-refractivity contribution in [3.63, 3.8) is 0 Å². The zero-order valence-corrected chi connectivity index (χ0v) is 13.9. The van der Waals surface area contributed by atoms with E-state index in [-0.39, 0.29) is 5.91 Å². The van der Waals surface area contributed by atoms with Crippen molar-refractivity contribution in [3.8, 4) is 0 Å². The van der Waals surface area contributed by atoms with Crippen LogP contribution in [0.5, 0.6) is 0 Å². The van der Waals surface area contributed by atoms with Crippen LogP contribution in [-0.4, -0.2) is 41.6 Å². The molecule has 2 aromatic carbocycles. The predicted molar refractivity (Wildman–Crippen MR) is 97.5 cm³/mol. The number of carbonyl (C=O) groups excluding carboxylic acids is 1. The molecular formula is C20H21N3O. The van der Waals surface area contributed by atoms with Gasteiger partial charge in [0.05, 0.1) is 5.56 Å². The second kappa shape index (κ2) is 6.04. The normalized spacial score (nSPS) is 15.0. The van der Waals surface area contributed by atoms with Gasteiger partial charge in [0.2, 0.25) is 0 Å². The van der Waals surface area contributed by atoms with Gasteiger partial charge >= 0.3 is 0 Å². The number of hydrogen-bond donors (Lipinski definition) is 0. The lowest BCUT2D eigenvalue weighted by Crippen LogP contribution is -2.48. The van der Waals surface area contributed by atoms with Crippen LogP contribution in [-0.2, 0) is 7.05 Å². The largest absolute Gasteiger partial charge is 0.368 e. The molecule has 0 saturated carbocycles. The van der Waals surface area contributed by atoms with Gasteiger partial charge in [-0.25, -0.2) is 0 Å². The van der Waals surface area contributed by atoms with Crippen molar-refractivity contribution in [3.05, 3.63) is 66.4 Å². The topological polar surface area (TPSA) is 28.5 Å². The van der Waals surface area contributed by atoms with E-state index >= 15 is 0 Å². The van der Waals surface area contributed by atoms with Crippen molar-refractivity contribution in [1.82, 2.24) is 9.47 Å². The van der Waals surface area contributed by atoms with Gasteiger partial charge in [-0.1, -0.05) is 36.4 Å². The third kappa shape index (κ3) is 2.54. The third-order valence-electron chi connectivity index (χ3n) is 4.82. The van der Waals surface area contributed by atoms with Crippen molar-refractivity contribution in [1.29, 1.82) is 0 Å². The molecule has 0 atom stereocenters. The zero-order valence-electron chi connectivity index (χ0n) is 13.9. The van der Waals surface area contributed by atoms with E-state index in [0.29, 0.717) is 0 Å². The lowest BCUT2D eigenvalue weighted by atomic mass is 10.1. The van der Waals surface area contributed by atoms with Crippen LogP contribution in [0, 0.1) is 0 Å². The lowest BCUT2D eigenvalue weighted by Gasteiger charge is -2.36. The van der Waals surface area contributed by atoms with Crippen LogP contribution in [0.4, 0.5) is 5.69 Å². The molecule has 2 heterocycles. The summed E-state index contributed by atoms with van der Waals surface area (Å²) in [6.07, 6.45) is 1.95. The molecule has 4 rings (SSSR count). The van der Waals surface area contributed by atoms with Crippen LogP contribution in [0.15, 0.2) is 60.8 Å². The molecule has 1 fully saturated rings. The van der Waals surface area contributed by atoms with Gasteiger partial charge in [-0.05, 0) is 18.2 Å². The molecule has 1 aliphatic heterocycles. The number of amides is 1. The number of fused-ring (bicyclic) bond motifs is 1. The molecule has 0 N–H and O–H groups in total. The van der Waals surface area contributed by atoms with E-state index in [0.717, 1.165) is 42.6 Å². The van der Waals surface area contributed by atoms with Crippen LogP contribution >= 0.6 is 0 Å². The van der Waals surface area contributed by atoms with Gasteiger partial charge in [-0.15, -0.1) is 0 Å². The Balaban J connectivity index is 1.52. The maximum atomic E-state index is 13.0. The lowest BCUT2D eigenvalue weighted by molar-refractivity contribution is 0.0748. The first-order valence-corrected chi connectivity index (χ1v) is 8.37. The van der Waals surface area contributed by atoms with E-state index in [1.807, 2.05) is 47.0 Å². The quantitative estimate of drug-likeness (QED) is 0.726. The van der Waals surface area contributed by atoms with Gasteiger partial charge in [-0.2, -0.15) is 0 Å². The molecule has 24 heavy (non-hydrogen) atoms. The van der Waals surface area contributed by atoms with Crippen molar-refractivity contribution in [2.75, 3.05) is 31.1 Å². The molecule has 122 valence electrons. The Morgan fingerprint density at radius 2 is 1.54 bits per heavy atom. The molecule has 0 aliphatic carbocycles. The van der Waals surface area contributed by atoms with E-state index in [1.54, 1.807) is 0 Å². The highest BCUT2D eigenvalue weighted by Crippen LogP contribution is 2.23. The molecule has 1 aliphatic rings. The molecule has 4 nitrogen and oxygen atoms in total. The van der Waals surface area contributed by atoms with Crippen molar-refractivity contribution < 1.29 is 4.79 Å². The molecule has 4 heteroatoms. The molecule has 0 unspecified atom stereocenters. The number of rotatable bonds is 2. The summed E-state index contributed by atoms with van der Waals surface area (Å²) in [4.78, 5) is 17.3. The highest BCUT2D eigenvalue weighted by atomic mass is 16.2. The molecule has 1 aromatic heterocycles. The van der Waals surface area contributed by atoms with Crippen LogP contribution < -0.4 is 4.90 Å². The van der Waals surface area contributed by atoms with Gasteiger partial charge in [-0.3, -0.25) is 4.79 Å². The van der Waals surface area contributed by atoms with Crippen molar-refractivity contribution in [2.24, 2.45) is 7.05 Å². The minimum absolute atomic E-state index is 0.138. The minimum Gasteiger partial charge on any atom is -0.368 e. The Bertz CT molecular complexity index is 861. The SMILES string of the molecule is Cn1cc(C(=O)N2CCN(c3ccccc3)CC2)c2ccccc21. The Morgan fingerprint density at radius 3 is 2.29 bits per heavy atom. The molecule has 0 radical (unpaired) electrons. The fourth-order valence-corrected chi connectivity index (χ4v) is 3.49. The monoisotopic (exact) mass is 319 g/mol. The van der Waals surface area contributed by atoms with Crippen LogP contribution in [0.1, 0.15) is 10.4 Å². The van der Waals surface area contributed by atoms with E-state index in [9.17, 15) is 4.79 Å². The highest BCUT2D eigenvalue weighted by Gasteiger charge is 2.24. The van der Waals surface area contributed by atoms with Crippen LogP contribution in [0.3, 0.4) is 0 Å². The van der Waals surface area contributed by atoms with Gasteiger partial charge in [0, 0.05) is 56.0 Å². The molecule has 0 spiro atoms. The number of anilines is 1. The van der Waals surface area contributed by atoms with Gasteiger partial charge in [0.25, 0.3) is 5.91 Å². The molecule has 1 amide bonds. The first kappa shape index (κ1) is 14.8. The number of aromatic nitrogens is 1. The van der Waals surface area contributed by atoms with Crippen LogP contribution in [0.25, 0.3) is 10.9 Å². The van der Waals surface area contributed by atoms with Gasteiger partial charge < -0.3 is 14.4 Å². The number of para-hydroxylation sites is 2. The Kier molecular flexibility index (Phi) is 3.73. The van der Waals surface area contributed by atoms with Gasteiger partial charge in [0.1, 0.15) is 0 Å². The Labute approximate surface area is 141 Å². The second-order valence-electron chi connectivity index (χ2n) is 6.29. The number of nitrogens with zero attached hydrogens (tertiary/aromatic N) is 3. The summed E-state index contributed by atoms with van der Waals surface area (Å²) < 4.78 is 2.03. The average Bonchev–Trinajstić information content (AvgIpc) is 2.99. The number of aryl methyl sites for hydroxylation is 1. The summed E-state index contributed by atoms with van der Waals surface area (Å²) in [5, 5.41) is 1.04. The summed E-state index contributed by atoms with van der Waals surface area (Å²) in [6.45, 7) is 3.27. The molecule has 0 bridgehead atoms. The fourth-order valence-electron chi connectivity index (χ4n) is 3.49.